The molecule has 0 unspecified atom stereocenters. The Hall–Kier alpha value is -2.88. The molecule has 1 radical (unpaired) electrons. The van der Waals surface area contributed by atoms with E-state index in [9.17, 15) is 14.3 Å². The summed E-state index contributed by atoms with van der Waals surface area (Å²) in [6, 6.07) is 15.4. The molecule has 5 heteroatoms. The zero-order chi connectivity index (χ0) is 32.8. The van der Waals surface area contributed by atoms with Crippen LogP contribution in [0.5, 0.6) is 0 Å². The van der Waals surface area contributed by atoms with Crippen molar-refractivity contribution in [3.8, 4) is 11.3 Å². The van der Waals surface area contributed by atoms with Gasteiger partial charge in [-0.25, -0.2) is 4.39 Å². The summed E-state index contributed by atoms with van der Waals surface area (Å²) >= 11 is 0. The number of rotatable bonds is 8. The maximum Gasteiger partial charge on any atom is 0.162 e. The molecule has 0 atom stereocenters. The first kappa shape index (κ1) is 24.0. The number of pyridine rings is 1. The number of aliphatic hydroxyl groups excluding tert-OH is 1. The minimum Gasteiger partial charge on any atom is -0.512 e. The van der Waals surface area contributed by atoms with Gasteiger partial charge >= 0.3 is 0 Å². The number of hydrogen-bond acceptors (Lipinski definition) is 3. The number of hydrogen-bond donors (Lipinski definition) is 1. The number of benzene rings is 3. The molecule has 39 heavy (non-hydrogen) atoms. The fraction of sp³-hybridized carbons (Fsp3) is 0.353. The number of carbonyl (C=O) groups is 1. The number of ketones is 1. The van der Waals surface area contributed by atoms with Crippen molar-refractivity contribution in [2.24, 2.45) is 11.8 Å². The standard InChI is InChI=1S/C21H15FN.C13H24O2.Ir/c1-13-9-14(2)11-16(10-13)21-20-17-6-4-3-5-15(17)12-19(22)18(20)7-8-23-21;1-5-10(6-2)12(14)9-13(15)11(7-3)8-4;/h3-10,12H,1-2H3;9-11,14H,5-8H2,1-4H3;/q-1;;/b;12-9-;/i1D3,2D3;;. The maximum atomic E-state index is 14.7. The fourth-order valence-electron chi connectivity index (χ4n) is 4.68. The number of nitrogens with zero attached hydrogens (tertiary/aromatic N) is 1. The summed E-state index contributed by atoms with van der Waals surface area (Å²) in [6.45, 7) is 3.01. The molecular weight excluding hydrogens is 666 g/mol. The zero-order valence-corrected chi connectivity index (χ0v) is 25.2. The second-order valence-electron chi connectivity index (χ2n) is 9.36. The second-order valence-corrected chi connectivity index (χ2v) is 9.36. The van der Waals surface area contributed by atoms with Crippen LogP contribution >= 0.6 is 0 Å². The summed E-state index contributed by atoms with van der Waals surface area (Å²) in [5.41, 5.74) is 0.137. The van der Waals surface area contributed by atoms with Gasteiger partial charge in [0.05, 0.1) is 5.76 Å². The van der Waals surface area contributed by atoms with E-state index in [1.807, 2.05) is 39.8 Å². The van der Waals surface area contributed by atoms with Crippen LogP contribution in [0.3, 0.4) is 0 Å². The summed E-state index contributed by atoms with van der Waals surface area (Å²) in [5, 5.41) is 12.0. The van der Waals surface area contributed by atoms with Gasteiger partial charge in [-0.1, -0.05) is 65.7 Å². The van der Waals surface area contributed by atoms with Gasteiger partial charge in [0.1, 0.15) is 5.82 Å². The van der Waals surface area contributed by atoms with Crippen LogP contribution in [0.25, 0.3) is 32.8 Å². The Morgan fingerprint density at radius 1 is 1.00 bits per heavy atom. The minimum absolute atomic E-state index is 0. The van der Waals surface area contributed by atoms with Crippen LogP contribution < -0.4 is 0 Å². The molecule has 0 saturated carbocycles. The van der Waals surface area contributed by atoms with Crippen LogP contribution in [0, 0.1) is 37.4 Å². The smallest absolute Gasteiger partial charge is 0.162 e. The number of carbonyl (C=O) groups excluding carboxylic acids is 1. The van der Waals surface area contributed by atoms with Gasteiger partial charge in [0.2, 0.25) is 0 Å². The van der Waals surface area contributed by atoms with Crippen LogP contribution in [0.4, 0.5) is 4.39 Å². The third-order valence-corrected chi connectivity index (χ3v) is 6.93. The summed E-state index contributed by atoms with van der Waals surface area (Å²) in [6.07, 6.45) is 6.32. The normalized spacial score (nSPS) is 14.4. The monoisotopic (exact) mass is 711 g/mol. The first-order chi connectivity index (χ1) is 20.7. The van der Waals surface area contributed by atoms with Crippen LogP contribution in [0.1, 0.15) is 72.7 Å². The maximum absolute atomic E-state index is 14.7. The van der Waals surface area contributed by atoms with E-state index in [4.69, 9.17) is 8.22 Å². The van der Waals surface area contributed by atoms with Crippen LogP contribution in [-0.4, -0.2) is 15.9 Å². The Morgan fingerprint density at radius 2 is 1.69 bits per heavy atom. The fourth-order valence-corrected chi connectivity index (χ4v) is 4.68. The summed E-state index contributed by atoms with van der Waals surface area (Å²) in [7, 11) is 0. The van der Waals surface area contributed by atoms with E-state index in [2.05, 4.69) is 11.1 Å². The number of aryl methyl sites for hydroxylation is 2. The van der Waals surface area contributed by atoms with E-state index in [0.29, 0.717) is 16.2 Å². The zero-order valence-electron chi connectivity index (χ0n) is 28.8. The third kappa shape index (κ3) is 7.83. The van der Waals surface area contributed by atoms with Crippen molar-refractivity contribution in [2.45, 2.75) is 67.1 Å². The molecular formula is C34H39FIrNO2-. The van der Waals surface area contributed by atoms with E-state index in [0.717, 1.165) is 37.1 Å². The van der Waals surface area contributed by atoms with Gasteiger partial charge in [-0.05, 0) is 59.7 Å². The van der Waals surface area contributed by atoms with Crippen molar-refractivity contribution in [3.63, 3.8) is 0 Å². The summed E-state index contributed by atoms with van der Waals surface area (Å²) < 4.78 is 61.0. The van der Waals surface area contributed by atoms with Gasteiger partial charge < -0.3 is 10.1 Å². The van der Waals surface area contributed by atoms with Gasteiger partial charge in [0.25, 0.3) is 0 Å². The van der Waals surface area contributed by atoms with Crippen molar-refractivity contribution >= 4 is 27.3 Å². The molecule has 4 rings (SSSR count). The SMILES string of the molecule is CCC(CC)C(=O)/C=C(\O)C(CC)CC.[2H]C([2H])([2H])c1[c-]c(-c2nccc3c(F)cc4ccccc4c23)cc(C([2H])([2H])[2H])c1.[Ir]. The molecule has 0 aliphatic carbocycles. The number of aromatic nitrogens is 1. The predicted octanol–water partition coefficient (Wildman–Crippen LogP) is 9.48. The second kappa shape index (κ2) is 15.1. The number of halogens is 1. The largest absolute Gasteiger partial charge is 0.512 e. The first-order valence-corrected chi connectivity index (χ1v) is 13.1. The van der Waals surface area contributed by atoms with Crippen molar-refractivity contribution in [2.75, 3.05) is 0 Å². The Balaban J connectivity index is 0.000000378. The quantitative estimate of drug-likeness (QED) is 0.0858. The Morgan fingerprint density at radius 3 is 2.33 bits per heavy atom. The van der Waals surface area contributed by atoms with Gasteiger partial charge in [-0.3, -0.25) is 4.79 Å². The van der Waals surface area contributed by atoms with Gasteiger partial charge in [0.15, 0.2) is 5.78 Å². The van der Waals surface area contributed by atoms with E-state index in [-0.39, 0.29) is 65.9 Å². The van der Waals surface area contributed by atoms with Crippen LogP contribution in [-0.2, 0) is 24.9 Å². The molecule has 4 aromatic rings. The minimum atomic E-state index is -2.55. The molecule has 0 aliphatic rings. The molecule has 1 N–H and O–H groups in total. The predicted molar refractivity (Wildman–Crippen MR) is 157 cm³/mol. The van der Waals surface area contributed by atoms with E-state index in [1.165, 1.54) is 24.4 Å². The van der Waals surface area contributed by atoms with E-state index < -0.39 is 19.5 Å². The van der Waals surface area contributed by atoms with Crippen LogP contribution in [0.2, 0.25) is 0 Å². The average molecular weight is 711 g/mol. The topological polar surface area (TPSA) is 50.2 Å². The Bertz CT molecular complexity index is 1610. The number of fused-ring (bicyclic) bond motifs is 3. The van der Waals surface area contributed by atoms with Crippen molar-refractivity contribution in [3.05, 3.63) is 89.6 Å². The number of aliphatic hydroxyl groups is 1. The Labute approximate surface area is 254 Å². The number of allylic oxidation sites excluding steroid dienone is 2. The molecule has 3 aromatic carbocycles. The third-order valence-electron chi connectivity index (χ3n) is 6.93. The van der Waals surface area contributed by atoms with Crippen molar-refractivity contribution < 1.29 is 42.6 Å². The molecule has 209 valence electrons. The van der Waals surface area contributed by atoms with Crippen molar-refractivity contribution in [1.29, 1.82) is 0 Å². The summed E-state index contributed by atoms with van der Waals surface area (Å²) in [5.74, 6) is 0.108. The molecule has 0 amide bonds. The van der Waals surface area contributed by atoms with E-state index >= 15 is 0 Å². The van der Waals surface area contributed by atoms with Crippen molar-refractivity contribution in [1.82, 2.24) is 4.98 Å². The molecule has 1 aromatic heterocycles. The Kier molecular flexibility index (Phi) is 9.25. The molecule has 0 aliphatic heterocycles. The average Bonchev–Trinajstić information content (AvgIpc) is 2.97. The molecule has 0 fully saturated rings. The van der Waals surface area contributed by atoms with E-state index in [1.54, 1.807) is 18.2 Å². The summed E-state index contributed by atoms with van der Waals surface area (Å²) in [4.78, 5) is 16.1. The van der Waals surface area contributed by atoms with Gasteiger partial charge in [-0.15, -0.1) is 34.9 Å². The van der Waals surface area contributed by atoms with Gasteiger partial charge in [0, 0.05) is 57.8 Å². The first-order valence-electron chi connectivity index (χ1n) is 16.1. The van der Waals surface area contributed by atoms with Crippen LogP contribution in [0.15, 0.2) is 66.6 Å². The van der Waals surface area contributed by atoms with Gasteiger partial charge in [-0.2, -0.15) is 0 Å². The molecule has 3 nitrogen and oxygen atoms in total. The molecule has 0 saturated heterocycles. The molecule has 1 heterocycles. The molecule has 0 bridgehead atoms. The molecule has 0 spiro atoms.